The highest BCUT2D eigenvalue weighted by molar-refractivity contribution is 6.06. The van der Waals surface area contributed by atoms with E-state index in [1.54, 1.807) is 47.4 Å². The summed E-state index contributed by atoms with van der Waals surface area (Å²) in [6, 6.07) is 16.2. The molecule has 1 unspecified atom stereocenters. The van der Waals surface area contributed by atoms with Crippen LogP contribution in [0.4, 0.5) is 11.4 Å². The van der Waals surface area contributed by atoms with Crippen molar-refractivity contribution in [3.63, 3.8) is 0 Å². The zero-order valence-corrected chi connectivity index (χ0v) is 21.4. The number of nitrogens with two attached hydrogens (primary N) is 1. The third kappa shape index (κ3) is 4.60. The molecule has 196 valence electrons. The van der Waals surface area contributed by atoms with E-state index in [-0.39, 0.29) is 35.2 Å². The van der Waals surface area contributed by atoms with Gasteiger partial charge in [-0.1, -0.05) is 36.4 Å². The highest BCUT2D eigenvalue weighted by Gasteiger charge is 2.43. The van der Waals surface area contributed by atoms with Gasteiger partial charge in [-0.05, 0) is 36.1 Å². The summed E-state index contributed by atoms with van der Waals surface area (Å²) in [6.07, 6.45) is 1.54. The number of carbonyl (C=O) groups excluding carboxylic acids is 3. The van der Waals surface area contributed by atoms with Crippen molar-refractivity contribution in [3.05, 3.63) is 82.3 Å². The number of amides is 1. The summed E-state index contributed by atoms with van der Waals surface area (Å²) >= 11 is 0. The molecule has 38 heavy (non-hydrogen) atoms. The molecule has 10 heteroatoms. The molecular formula is C28H28N4O6. The van der Waals surface area contributed by atoms with E-state index in [4.69, 9.17) is 19.9 Å². The number of nitriles is 1. The van der Waals surface area contributed by atoms with Crippen molar-refractivity contribution in [1.29, 1.82) is 5.26 Å². The summed E-state index contributed by atoms with van der Waals surface area (Å²) in [4.78, 5) is 42.2. The number of anilines is 2. The van der Waals surface area contributed by atoms with Gasteiger partial charge in [-0.25, -0.2) is 9.59 Å². The van der Waals surface area contributed by atoms with Gasteiger partial charge in [0, 0.05) is 25.0 Å². The third-order valence-electron chi connectivity index (χ3n) is 6.62. The van der Waals surface area contributed by atoms with Gasteiger partial charge in [0.1, 0.15) is 18.1 Å². The van der Waals surface area contributed by atoms with Crippen molar-refractivity contribution in [1.82, 2.24) is 0 Å². The second-order valence-corrected chi connectivity index (χ2v) is 8.73. The first-order chi connectivity index (χ1) is 18.4. The van der Waals surface area contributed by atoms with Crippen LogP contribution < -0.4 is 15.5 Å². The molecule has 0 saturated carbocycles. The zero-order chi connectivity index (χ0) is 27.4. The predicted molar refractivity (Wildman–Crippen MR) is 139 cm³/mol. The van der Waals surface area contributed by atoms with E-state index in [1.165, 1.54) is 26.2 Å². The maximum atomic E-state index is 13.3. The monoisotopic (exact) mass is 516 g/mol. The summed E-state index contributed by atoms with van der Waals surface area (Å²) in [5.41, 5.74) is 8.92. The summed E-state index contributed by atoms with van der Waals surface area (Å²) in [6.45, 7) is 0.406. The fourth-order valence-corrected chi connectivity index (χ4v) is 4.94. The molecule has 2 heterocycles. The number of carbonyl (C=O) groups is 3. The summed E-state index contributed by atoms with van der Waals surface area (Å²) in [5, 5.41) is 10.2. The van der Waals surface area contributed by atoms with Crippen molar-refractivity contribution in [2.45, 2.75) is 18.8 Å². The van der Waals surface area contributed by atoms with E-state index in [9.17, 15) is 19.6 Å². The van der Waals surface area contributed by atoms with E-state index in [2.05, 4.69) is 6.07 Å². The van der Waals surface area contributed by atoms with Crippen LogP contribution in [-0.2, 0) is 35.0 Å². The standard InChI is InChI=1S/C28H28N4O6/c1-36-16-22(33)31-13-7-10-17-11-12-19(14-21(17)31)32-25(28(35)38-3)24(27(34)37-2)23(20(15-29)26(32)30)18-8-5-4-6-9-18/h4-6,8-9,11-12,14,23H,7,10,13,16,30H2,1-3H3. The Morgan fingerprint density at radius 3 is 2.39 bits per heavy atom. The normalized spacial score (nSPS) is 17.1. The molecule has 1 atom stereocenters. The Kier molecular flexibility index (Phi) is 7.79. The third-order valence-corrected chi connectivity index (χ3v) is 6.62. The fourth-order valence-electron chi connectivity index (χ4n) is 4.94. The van der Waals surface area contributed by atoms with Gasteiger partial charge in [0.25, 0.3) is 5.91 Å². The van der Waals surface area contributed by atoms with Crippen LogP contribution in [0, 0.1) is 11.3 Å². The SMILES string of the molecule is COCC(=O)N1CCCc2ccc(N3C(N)=C(C#N)C(c4ccccc4)C(C(=O)OC)=C3C(=O)OC)cc21. The molecule has 2 N–H and O–H groups in total. The van der Waals surface area contributed by atoms with E-state index in [0.29, 0.717) is 23.5 Å². The second kappa shape index (κ2) is 11.2. The minimum absolute atomic E-state index is 0.0417. The maximum absolute atomic E-state index is 13.3. The Hall–Kier alpha value is -4.62. The number of hydrogen-bond acceptors (Lipinski definition) is 9. The second-order valence-electron chi connectivity index (χ2n) is 8.73. The van der Waals surface area contributed by atoms with Crippen molar-refractivity contribution in [3.8, 4) is 6.07 Å². The van der Waals surface area contributed by atoms with Gasteiger partial charge in [0.2, 0.25) is 0 Å². The molecule has 1 amide bonds. The molecule has 4 rings (SSSR count). The summed E-state index contributed by atoms with van der Waals surface area (Å²) in [7, 11) is 3.84. The van der Waals surface area contributed by atoms with Crippen molar-refractivity contribution >= 4 is 29.2 Å². The first kappa shape index (κ1) is 26.4. The number of hydrogen-bond donors (Lipinski definition) is 1. The molecule has 2 aliphatic heterocycles. The fraction of sp³-hybridized carbons (Fsp3) is 0.286. The van der Waals surface area contributed by atoms with Crippen molar-refractivity contribution in [2.75, 3.05) is 44.3 Å². The molecule has 10 nitrogen and oxygen atoms in total. The van der Waals surface area contributed by atoms with Gasteiger partial charge in [-0.2, -0.15) is 5.26 Å². The smallest absolute Gasteiger partial charge is 0.355 e. The van der Waals surface area contributed by atoms with Crippen LogP contribution in [0.1, 0.15) is 23.5 Å². The molecule has 2 aromatic carbocycles. The lowest BCUT2D eigenvalue weighted by Gasteiger charge is -2.37. The summed E-state index contributed by atoms with van der Waals surface area (Å²) < 4.78 is 15.2. The van der Waals surface area contributed by atoms with Gasteiger partial charge in [-0.15, -0.1) is 0 Å². The van der Waals surface area contributed by atoms with Gasteiger partial charge >= 0.3 is 11.9 Å². The molecule has 0 radical (unpaired) electrons. The lowest BCUT2D eigenvalue weighted by Crippen LogP contribution is -2.41. The average Bonchev–Trinajstić information content (AvgIpc) is 2.95. The van der Waals surface area contributed by atoms with Crippen LogP contribution >= 0.6 is 0 Å². The topological polar surface area (TPSA) is 135 Å². The van der Waals surface area contributed by atoms with Crippen LogP contribution in [0.25, 0.3) is 0 Å². The molecule has 0 spiro atoms. The van der Waals surface area contributed by atoms with Crippen LogP contribution in [-0.4, -0.2) is 52.3 Å². The number of nitrogens with zero attached hydrogens (tertiary/aromatic N) is 3. The van der Waals surface area contributed by atoms with Gasteiger partial charge in [0.15, 0.2) is 0 Å². The zero-order valence-electron chi connectivity index (χ0n) is 21.4. The largest absolute Gasteiger partial charge is 0.466 e. The lowest BCUT2D eigenvalue weighted by molar-refractivity contribution is -0.139. The number of ether oxygens (including phenoxy) is 3. The van der Waals surface area contributed by atoms with Gasteiger partial charge in [-0.3, -0.25) is 9.69 Å². The highest BCUT2D eigenvalue weighted by atomic mass is 16.5. The van der Waals surface area contributed by atoms with Crippen LogP contribution in [0.3, 0.4) is 0 Å². The van der Waals surface area contributed by atoms with E-state index < -0.39 is 17.9 Å². The number of benzene rings is 2. The number of allylic oxidation sites excluding steroid dienone is 1. The lowest BCUT2D eigenvalue weighted by atomic mass is 9.81. The minimum Gasteiger partial charge on any atom is -0.466 e. The Balaban J connectivity index is 1.99. The molecule has 0 aromatic heterocycles. The van der Waals surface area contributed by atoms with Crippen LogP contribution in [0.2, 0.25) is 0 Å². The Labute approximate surface area is 220 Å². The number of fused-ring (bicyclic) bond motifs is 1. The Morgan fingerprint density at radius 2 is 1.76 bits per heavy atom. The van der Waals surface area contributed by atoms with Crippen LogP contribution in [0.15, 0.2) is 71.2 Å². The maximum Gasteiger partial charge on any atom is 0.355 e. The average molecular weight is 517 g/mol. The molecule has 2 aliphatic rings. The van der Waals surface area contributed by atoms with E-state index in [1.807, 2.05) is 6.07 Å². The number of aryl methyl sites for hydroxylation is 1. The molecule has 0 aliphatic carbocycles. The Morgan fingerprint density at radius 1 is 1.05 bits per heavy atom. The number of rotatable bonds is 6. The molecule has 0 bridgehead atoms. The van der Waals surface area contributed by atoms with E-state index >= 15 is 0 Å². The van der Waals surface area contributed by atoms with Crippen LogP contribution in [0.5, 0.6) is 0 Å². The minimum atomic E-state index is -0.962. The van der Waals surface area contributed by atoms with Gasteiger partial charge in [0.05, 0.1) is 37.4 Å². The van der Waals surface area contributed by atoms with Gasteiger partial charge < -0.3 is 24.8 Å². The summed E-state index contributed by atoms with van der Waals surface area (Å²) in [5.74, 6) is -2.86. The highest BCUT2D eigenvalue weighted by Crippen LogP contribution is 2.44. The molecular weight excluding hydrogens is 488 g/mol. The van der Waals surface area contributed by atoms with Crippen molar-refractivity contribution < 1.29 is 28.6 Å². The number of esters is 2. The molecule has 0 saturated heterocycles. The molecule has 2 aromatic rings. The quantitative estimate of drug-likeness (QED) is 0.575. The van der Waals surface area contributed by atoms with Crippen molar-refractivity contribution in [2.24, 2.45) is 5.73 Å². The Bertz CT molecular complexity index is 1380. The number of methoxy groups -OCH3 is 3. The molecule has 0 fully saturated rings. The first-order valence-electron chi connectivity index (χ1n) is 12.0. The van der Waals surface area contributed by atoms with E-state index in [0.717, 1.165) is 18.4 Å². The predicted octanol–water partition coefficient (Wildman–Crippen LogP) is 2.51. The first-order valence-corrected chi connectivity index (χ1v) is 12.0.